The number of primary amides is 1. The molecule has 0 spiro atoms. The molecule has 0 aliphatic heterocycles. The van der Waals surface area contributed by atoms with Gasteiger partial charge in [-0.1, -0.05) is 27.7 Å². The van der Waals surface area contributed by atoms with Crippen LogP contribution in [-0.2, 0) is 0 Å². The summed E-state index contributed by atoms with van der Waals surface area (Å²) in [5, 5.41) is 0. The first-order chi connectivity index (χ1) is 8.69. The van der Waals surface area contributed by atoms with Crippen LogP contribution in [0.3, 0.4) is 0 Å². The lowest BCUT2D eigenvalue weighted by atomic mass is 10.3. The molecule has 5 nitrogen and oxygen atoms in total. The molecule has 1 aromatic heterocycles. The Labute approximate surface area is 114 Å². The van der Waals surface area contributed by atoms with Gasteiger partial charge in [-0.3, -0.25) is 9.52 Å². The zero-order chi connectivity index (χ0) is 14.6. The molecule has 0 aromatic carbocycles. The molecule has 0 aliphatic rings. The van der Waals surface area contributed by atoms with Crippen LogP contribution < -0.4 is 15.2 Å². The minimum absolute atomic E-state index is 0.197. The van der Waals surface area contributed by atoms with Crippen LogP contribution in [0.2, 0.25) is 0 Å². The van der Waals surface area contributed by atoms with Crippen LogP contribution in [-0.4, -0.2) is 25.0 Å². The molecule has 3 N–H and O–H groups in total. The first-order valence-corrected chi connectivity index (χ1v) is 6.69. The summed E-state index contributed by atoms with van der Waals surface area (Å²) in [5.74, 6) is -0.176. The summed E-state index contributed by atoms with van der Waals surface area (Å²) >= 11 is 1.36. The Hall–Kier alpha value is -1.27. The van der Waals surface area contributed by atoms with Crippen molar-refractivity contribution in [2.24, 2.45) is 5.73 Å². The van der Waals surface area contributed by atoms with Crippen molar-refractivity contribution in [3.8, 4) is 5.88 Å². The minimum Gasteiger partial charge on any atom is -0.480 e. The van der Waals surface area contributed by atoms with E-state index in [4.69, 9.17) is 10.5 Å². The van der Waals surface area contributed by atoms with E-state index in [1.165, 1.54) is 19.1 Å². The van der Waals surface area contributed by atoms with E-state index in [-0.39, 0.29) is 5.69 Å². The lowest BCUT2D eigenvalue weighted by Crippen LogP contribution is -2.13. The third-order valence-corrected chi connectivity index (χ3v) is 2.22. The van der Waals surface area contributed by atoms with Gasteiger partial charge in [0.1, 0.15) is 5.69 Å². The maximum Gasteiger partial charge on any atom is 0.267 e. The summed E-state index contributed by atoms with van der Waals surface area (Å²) in [7, 11) is 3.28. The molecule has 0 unspecified atom stereocenters. The third kappa shape index (κ3) is 6.46. The Balaban J connectivity index is 0. The summed E-state index contributed by atoms with van der Waals surface area (Å²) in [6.45, 7) is 8.00. The second kappa shape index (κ2) is 12.2. The molecule has 1 heterocycles. The molecule has 1 aromatic rings. The van der Waals surface area contributed by atoms with Crippen LogP contribution in [0.4, 0.5) is 0 Å². The Morgan fingerprint density at radius 1 is 1.33 bits per heavy atom. The molecular weight excluding hydrogens is 250 g/mol. The topological polar surface area (TPSA) is 77.2 Å². The first-order valence-electron chi connectivity index (χ1n) is 5.87. The van der Waals surface area contributed by atoms with Crippen LogP contribution in [0.15, 0.2) is 17.0 Å². The average Bonchev–Trinajstić information content (AvgIpc) is 2.43. The monoisotopic (exact) mass is 273 g/mol. The van der Waals surface area contributed by atoms with Gasteiger partial charge in [-0.2, -0.15) is 0 Å². The summed E-state index contributed by atoms with van der Waals surface area (Å²) in [6, 6.07) is 3.29. The largest absolute Gasteiger partial charge is 0.480 e. The van der Waals surface area contributed by atoms with E-state index in [9.17, 15) is 4.79 Å². The van der Waals surface area contributed by atoms with Crippen molar-refractivity contribution in [3.05, 3.63) is 17.8 Å². The van der Waals surface area contributed by atoms with Crippen molar-refractivity contribution in [2.45, 2.75) is 32.6 Å². The van der Waals surface area contributed by atoms with Gasteiger partial charge in [0.05, 0.1) is 12.0 Å². The molecule has 0 bridgehead atoms. The summed E-state index contributed by atoms with van der Waals surface area (Å²) in [4.78, 5) is 15.6. The molecular formula is C12H23N3O2S. The fourth-order valence-corrected chi connectivity index (χ4v) is 1.47. The molecule has 6 heteroatoms. The number of ether oxygens (including phenoxy) is 1. The Kier molecular flexibility index (Phi) is 12.9. The van der Waals surface area contributed by atoms with Crippen LogP contribution in [0.1, 0.15) is 38.2 Å². The molecule has 18 heavy (non-hydrogen) atoms. The number of aromatic nitrogens is 1. The molecule has 1 rings (SSSR count). The van der Waals surface area contributed by atoms with Crippen molar-refractivity contribution in [2.75, 3.05) is 14.2 Å². The first kappa shape index (κ1) is 19.1. The van der Waals surface area contributed by atoms with Gasteiger partial charge in [0.15, 0.2) is 0 Å². The number of carbonyl (C=O) groups excluding carboxylic acids is 1. The summed E-state index contributed by atoms with van der Waals surface area (Å²) in [6.07, 6.45) is 0. The SMILES string of the molecule is CC.CC.CNSc1ccc(C(N)=O)nc1OC. The summed E-state index contributed by atoms with van der Waals surface area (Å²) < 4.78 is 7.90. The summed E-state index contributed by atoms with van der Waals surface area (Å²) in [5.41, 5.74) is 5.28. The predicted octanol–water partition coefficient (Wildman–Crippen LogP) is 2.47. The molecule has 0 saturated carbocycles. The number of carbonyl (C=O) groups is 1. The highest BCUT2D eigenvalue weighted by molar-refractivity contribution is 7.97. The van der Waals surface area contributed by atoms with E-state index in [0.717, 1.165) is 4.90 Å². The normalized spacial score (nSPS) is 8.33. The van der Waals surface area contributed by atoms with E-state index in [0.29, 0.717) is 5.88 Å². The number of nitrogens with zero attached hydrogens (tertiary/aromatic N) is 1. The van der Waals surface area contributed by atoms with Crippen molar-refractivity contribution >= 4 is 17.9 Å². The molecule has 0 radical (unpaired) electrons. The van der Waals surface area contributed by atoms with Crippen molar-refractivity contribution in [1.82, 2.24) is 9.71 Å². The van der Waals surface area contributed by atoms with Crippen LogP contribution in [0.5, 0.6) is 5.88 Å². The van der Waals surface area contributed by atoms with Gasteiger partial charge in [0.2, 0.25) is 5.88 Å². The second-order valence-electron chi connectivity index (χ2n) is 2.37. The zero-order valence-electron chi connectivity index (χ0n) is 11.9. The van der Waals surface area contributed by atoms with E-state index >= 15 is 0 Å². The van der Waals surface area contributed by atoms with Crippen molar-refractivity contribution in [1.29, 1.82) is 0 Å². The lowest BCUT2D eigenvalue weighted by molar-refractivity contribution is 0.0994. The highest BCUT2D eigenvalue weighted by atomic mass is 32.2. The fourth-order valence-electron chi connectivity index (χ4n) is 0.899. The number of nitrogens with one attached hydrogen (secondary N) is 1. The average molecular weight is 273 g/mol. The Morgan fingerprint density at radius 3 is 2.28 bits per heavy atom. The van der Waals surface area contributed by atoms with Gasteiger partial charge >= 0.3 is 0 Å². The Bertz CT molecular complexity index is 346. The number of nitrogens with two attached hydrogens (primary N) is 1. The second-order valence-corrected chi connectivity index (χ2v) is 3.43. The smallest absolute Gasteiger partial charge is 0.267 e. The predicted molar refractivity (Wildman–Crippen MR) is 76.9 cm³/mol. The molecule has 1 amide bonds. The van der Waals surface area contributed by atoms with Gasteiger partial charge in [0.25, 0.3) is 5.91 Å². The van der Waals surface area contributed by atoms with Crippen LogP contribution in [0, 0.1) is 0 Å². The van der Waals surface area contributed by atoms with Crippen LogP contribution in [0.25, 0.3) is 0 Å². The number of hydrogen-bond acceptors (Lipinski definition) is 5. The van der Waals surface area contributed by atoms with Gasteiger partial charge in [-0.15, -0.1) is 0 Å². The molecule has 0 saturated heterocycles. The van der Waals surface area contributed by atoms with Gasteiger partial charge in [0, 0.05) is 0 Å². The van der Waals surface area contributed by atoms with Gasteiger partial charge in [-0.25, -0.2) is 4.98 Å². The van der Waals surface area contributed by atoms with E-state index in [1.54, 1.807) is 19.2 Å². The number of pyridine rings is 1. The van der Waals surface area contributed by atoms with Crippen molar-refractivity contribution < 1.29 is 9.53 Å². The highest BCUT2D eigenvalue weighted by Crippen LogP contribution is 2.24. The maximum atomic E-state index is 10.8. The number of rotatable bonds is 4. The van der Waals surface area contributed by atoms with E-state index in [1.807, 2.05) is 27.7 Å². The molecule has 104 valence electrons. The number of hydrogen-bond donors (Lipinski definition) is 2. The van der Waals surface area contributed by atoms with E-state index < -0.39 is 5.91 Å². The molecule has 0 atom stereocenters. The number of methoxy groups -OCH3 is 1. The van der Waals surface area contributed by atoms with E-state index in [2.05, 4.69) is 9.71 Å². The lowest BCUT2D eigenvalue weighted by Gasteiger charge is -2.06. The minimum atomic E-state index is -0.565. The number of amides is 1. The fraction of sp³-hybridized carbons (Fsp3) is 0.500. The third-order valence-electron chi connectivity index (χ3n) is 1.48. The van der Waals surface area contributed by atoms with Crippen molar-refractivity contribution in [3.63, 3.8) is 0 Å². The standard InChI is InChI=1S/C8H11N3O2S.2C2H6/c1-10-14-6-4-3-5(7(9)12)11-8(6)13-2;2*1-2/h3-4,10H,1-2H3,(H2,9,12);2*1-2H3. The maximum absolute atomic E-state index is 10.8. The Morgan fingerprint density at radius 2 is 1.89 bits per heavy atom. The van der Waals surface area contributed by atoms with Gasteiger partial charge in [-0.05, 0) is 31.1 Å². The molecule has 0 aliphatic carbocycles. The quantitative estimate of drug-likeness (QED) is 0.824. The highest BCUT2D eigenvalue weighted by Gasteiger charge is 2.09. The van der Waals surface area contributed by atoms with Crippen LogP contribution >= 0.6 is 11.9 Å². The zero-order valence-corrected chi connectivity index (χ0v) is 12.7. The molecule has 0 fully saturated rings. The van der Waals surface area contributed by atoms with Gasteiger partial charge < -0.3 is 10.5 Å².